The summed E-state index contributed by atoms with van der Waals surface area (Å²) in [6, 6.07) is 11.6. The molecule has 26 heavy (non-hydrogen) atoms. The third-order valence-electron chi connectivity index (χ3n) is 3.80. The number of hydrogen-bond donors (Lipinski definition) is 1. The number of ether oxygens (including phenoxy) is 1. The topological polar surface area (TPSA) is 64.1 Å². The Kier molecular flexibility index (Phi) is 5.96. The average molecular weight is 367 g/mol. The van der Waals surface area contributed by atoms with E-state index in [1.54, 1.807) is 12.4 Å². The fourth-order valence-corrected chi connectivity index (χ4v) is 3.10. The summed E-state index contributed by atoms with van der Waals surface area (Å²) in [4.78, 5) is 20.7. The molecule has 0 saturated carbocycles. The van der Waals surface area contributed by atoms with Crippen LogP contribution in [-0.4, -0.2) is 15.9 Å². The molecule has 0 spiro atoms. The summed E-state index contributed by atoms with van der Waals surface area (Å²) >= 11 is 1.49. The van der Waals surface area contributed by atoms with Crippen LogP contribution in [0.25, 0.3) is 0 Å². The number of aromatic nitrogens is 2. The molecule has 3 rings (SSSR count). The van der Waals surface area contributed by atoms with Crippen molar-refractivity contribution < 1.29 is 9.53 Å². The zero-order valence-corrected chi connectivity index (χ0v) is 15.6. The standard InChI is InChI=1S/C20H21N3O2S/c1-14(2)15-5-7-16(8-6-15)22-19(24)10-17-13-26-20(23-17)12-25-18-4-3-9-21-11-18/h3-9,11,13-14H,10,12H2,1-2H3,(H,22,24). The Bertz CT molecular complexity index is 845. The number of rotatable bonds is 7. The number of benzene rings is 1. The third-order valence-corrected chi connectivity index (χ3v) is 4.67. The summed E-state index contributed by atoms with van der Waals surface area (Å²) in [6.07, 6.45) is 3.60. The zero-order valence-electron chi connectivity index (χ0n) is 14.8. The summed E-state index contributed by atoms with van der Waals surface area (Å²) in [6.45, 7) is 4.66. The molecule has 0 atom stereocenters. The van der Waals surface area contributed by atoms with Gasteiger partial charge < -0.3 is 10.1 Å². The molecule has 134 valence electrons. The van der Waals surface area contributed by atoms with E-state index in [1.165, 1.54) is 16.9 Å². The van der Waals surface area contributed by atoms with Crippen molar-refractivity contribution in [3.63, 3.8) is 0 Å². The first-order valence-corrected chi connectivity index (χ1v) is 9.34. The summed E-state index contributed by atoms with van der Waals surface area (Å²) in [5.74, 6) is 1.10. The second kappa shape index (κ2) is 8.58. The van der Waals surface area contributed by atoms with Gasteiger partial charge in [0.1, 0.15) is 17.4 Å². The van der Waals surface area contributed by atoms with Crippen LogP contribution in [0.2, 0.25) is 0 Å². The molecule has 0 aliphatic carbocycles. The molecule has 1 amide bonds. The minimum Gasteiger partial charge on any atom is -0.485 e. The van der Waals surface area contributed by atoms with E-state index in [0.29, 0.717) is 18.3 Å². The second-order valence-corrected chi connectivity index (χ2v) is 7.15. The lowest BCUT2D eigenvalue weighted by atomic mass is 10.0. The molecule has 0 aliphatic rings. The van der Waals surface area contributed by atoms with Gasteiger partial charge >= 0.3 is 0 Å². The van der Waals surface area contributed by atoms with Gasteiger partial charge in [-0.3, -0.25) is 9.78 Å². The van der Waals surface area contributed by atoms with Gasteiger partial charge in [0.2, 0.25) is 5.91 Å². The Morgan fingerprint density at radius 1 is 1.23 bits per heavy atom. The maximum absolute atomic E-state index is 12.2. The zero-order chi connectivity index (χ0) is 18.4. The first-order valence-electron chi connectivity index (χ1n) is 8.46. The van der Waals surface area contributed by atoms with E-state index in [2.05, 4.69) is 29.1 Å². The van der Waals surface area contributed by atoms with Gasteiger partial charge in [-0.1, -0.05) is 26.0 Å². The van der Waals surface area contributed by atoms with E-state index in [1.807, 2.05) is 41.8 Å². The van der Waals surface area contributed by atoms with E-state index in [4.69, 9.17) is 4.74 Å². The largest absolute Gasteiger partial charge is 0.485 e. The van der Waals surface area contributed by atoms with Crippen molar-refractivity contribution in [2.24, 2.45) is 0 Å². The highest BCUT2D eigenvalue weighted by Gasteiger charge is 2.09. The molecule has 2 aromatic heterocycles. The van der Waals surface area contributed by atoms with Crippen LogP contribution in [0.1, 0.15) is 36.0 Å². The van der Waals surface area contributed by atoms with Crippen molar-refractivity contribution in [3.8, 4) is 5.75 Å². The number of pyridine rings is 1. The molecule has 0 aliphatic heterocycles. The number of amides is 1. The Morgan fingerprint density at radius 3 is 2.73 bits per heavy atom. The van der Waals surface area contributed by atoms with Crippen LogP contribution >= 0.6 is 11.3 Å². The van der Waals surface area contributed by atoms with Gasteiger partial charge in [0.25, 0.3) is 0 Å². The van der Waals surface area contributed by atoms with Crippen LogP contribution in [0.5, 0.6) is 5.75 Å². The number of carbonyl (C=O) groups excluding carboxylic acids is 1. The van der Waals surface area contributed by atoms with Crippen LogP contribution < -0.4 is 10.1 Å². The molecule has 3 aromatic rings. The highest BCUT2D eigenvalue weighted by atomic mass is 32.1. The number of anilines is 1. The van der Waals surface area contributed by atoms with Crippen molar-refractivity contribution in [2.75, 3.05) is 5.32 Å². The minimum atomic E-state index is -0.0766. The van der Waals surface area contributed by atoms with Gasteiger partial charge in [0, 0.05) is 17.3 Å². The average Bonchev–Trinajstić information content (AvgIpc) is 3.08. The first kappa shape index (κ1) is 18.1. The number of thiazole rings is 1. The predicted molar refractivity (Wildman–Crippen MR) is 104 cm³/mol. The normalized spacial score (nSPS) is 10.7. The van der Waals surface area contributed by atoms with Gasteiger partial charge in [-0.05, 0) is 35.7 Å². The maximum Gasteiger partial charge on any atom is 0.230 e. The molecular formula is C20H21N3O2S. The molecule has 2 heterocycles. The van der Waals surface area contributed by atoms with E-state index < -0.39 is 0 Å². The first-order chi connectivity index (χ1) is 12.6. The molecule has 5 nitrogen and oxygen atoms in total. The van der Waals surface area contributed by atoms with Crippen molar-refractivity contribution in [1.82, 2.24) is 9.97 Å². The molecule has 0 radical (unpaired) electrons. The summed E-state index contributed by atoms with van der Waals surface area (Å²) in [5.41, 5.74) is 2.80. The molecular weight excluding hydrogens is 346 g/mol. The van der Waals surface area contributed by atoms with Gasteiger partial charge in [-0.25, -0.2) is 4.98 Å². The van der Waals surface area contributed by atoms with Crippen molar-refractivity contribution in [2.45, 2.75) is 32.8 Å². The number of carbonyl (C=O) groups is 1. The fourth-order valence-electron chi connectivity index (χ4n) is 2.39. The summed E-state index contributed by atoms with van der Waals surface area (Å²) < 4.78 is 5.62. The molecule has 1 aromatic carbocycles. The van der Waals surface area contributed by atoms with Crippen LogP contribution in [0.4, 0.5) is 5.69 Å². The maximum atomic E-state index is 12.2. The van der Waals surface area contributed by atoms with Gasteiger partial charge in [-0.15, -0.1) is 11.3 Å². The van der Waals surface area contributed by atoms with Gasteiger partial charge in [0.05, 0.1) is 18.3 Å². The quantitative estimate of drug-likeness (QED) is 0.671. The Morgan fingerprint density at radius 2 is 2.04 bits per heavy atom. The SMILES string of the molecule is CC(C)c1ccc(NC(=O)Cc2csc(COc3cccnc3)n2)cc1. The highest BCUT2D eigenvalue weighted by molar-refractivity contribution is 7.09. The van der Waals surface area contributed by atoms with Crippen LogP contribution in [0, 0.1) is 0 Å². The Hall–Kier alpha value is -2.73. The third kappa shape index (κ3) is 5.13. The predicted octanol–water partition coefficient (Wildman–Crippen LogP) is 4.42. The smallest absolute Gasteiger partial charge is 0.230 e. The van der Waals surface area contributed by atoms with Crippen LogP contribution in [0.15, 0.2) is 54.2 Å². The summed E-state index contributed by atoms with van der Waals surface area (Å²) in [7, 11) is 0. The number of nitrogens with zero attached hydrogens (tertiary/aromatic N) is 2. The number of nitrogens with one attached hydrogen (secondary N) is 1. The number of hydrogen-bond acceptors (Lipinski definition) is 5. The van der Waals surface area contributed by atoms with Crippen molar-refractivity contribution in [1.29, 1.82) is 0 Å². The van der Waals surface area contributed by atoms with Crippen LogP contribution in [0.3, 0.4) is 0 Å². The molecule has 0 bridgehead atoms. The van der Waals surface area contributed by atoms with E-state index in [0.717, 1.165) is 16.4 Å². The fraction of sp³-hybridized carbons (Fsp3) is 0.250. The van der Waals surface area contributed by atoms with Gasteiger partial charge in [0.15, 0.2) is 0 Å². The van der Waals surface area contributed by atoms with Crippen molar-refractivity contribution in [3.05, 3.63) is 70.4 Å². The molecule has 0 fully saturated rings. The lowest BCUT2D eigenvalue weighted by Gasteiger charge is -2.08. The Balaban J connectivity index is 1.51. The van der Waals surface area contributed by atoms with E-state index >= 15 is 0 Å². The highest BCUT2D eigenvalue weighted by Crippen LogP contribution is 2.18. The lowest BCUT2D eigenvalue weighted by Crippen LogP contribution is -2.14. The summed E-state index contributed by atoms with van der Waals surface area (Å²) in [5, 5.41) is 5.63. The molecule has 6 heteroatoms. The van der Waals surface area contributed by atoms with E-state index in [-0.39, 0.29) is 12.3 Å². The van der Waals surface area contributed by atoms with Crippen molar-refractivity contribution >= 4 is 22.9 Å². The lowest BCUT2D eigenvalue weighted by molar-refractivity contribution is -0.115. The Labute approximate surface area is 157 Å². The minimum absolute atomic E-state index is 0.0766. The monoisotopic (exact) mass is 367 g/mol. The molecule has 0 saturated heterocycles. The van der Waals surface area contributed by atoms with Crippen LogP contribution in [-0.2, 0) is 17.8 Å². The second-order valence-electron chi connectivity index (χ2n) is 6.21. The van der Waals surface area contributed by atoms with Gasteiger partial charge in [-0.2, -0.15) is 0 Å². The molecule has 0 unspecified atom stereocenters. The van der Waals surface area contributed by atoms with E-state index in [9.17, 15) is 4.79 Å². The molecule has 1 N–H and O–H groups in total.